The molecule has 0 radical (unpaired) electrons. The molecule has 2 unspecified atom stereocenters. The van der Waals surface area contributed by atoms with Crippen LogP contribution in [0.3, 0.4) is 0 Å². The van der Waals surface area contributed by atoms with Crippen LogP contribution in [0.25, 0.3) is 0 Å². The van der Waals surface area contributed by atoms with Crippen LogP contribution in [0, 0.1) is 0 Å². The van der Waals surface area contributed by atoms with Crippen LogP contribution in [0.2, 0.25) is 0 Å². The number of hydrogen-bond donors (Lipinski definition) is 1. The Balaban J connectivity index is 3.29. The Kier molecular flexibility index (Phi) is 8.16. The fourth-order valence-electron chi connectivity index (χ4n) is 2.55. The Bertz CT molecular complexity index is 604. The van der Waals surface area contributed by atoms with Gasteiger partial charge in [-0.15, -0.1) is 0 Å². The van der Waals surface area contributed by atoms with E-state index in [-0.39, 0.29) is 6.61 Å². The summed E-state index contributed by atoms with van der Waals surface area (Å²) in [7, 11) is 0. The number of hydrogen-bond acceptors (Lipinski definition) is 10. The van der Waals surface area contributed by atoms with Gasteiger partial charge in [-0.25, -0.2) is 0 Å². The van der Waals surface area contributed by atoms with Crippen LogP contribution in [0.4, 0.5) is 0 Å². The first kappa shape index (κ1) is 22.4. The van der Waals surface area contributed by atoms with Gasteiger partial charge in [0.15, 0.2) is 12.2 Å². The van der Waals surface area contributed by atoms with Gasteiger partial charge in [-0.2, -0.15) is 0 Å². The third kappa shape index (κ3) is 7.21. The number of ether oxygens (including phenoxy) is 5. The van der Waals surface area contributed by atoms with Crippen molar-refractivity contribution in [1.29, 1.82) is 0 Å². The van der Waals surface area contributed by atoms with Gasteiger partial charge in [-0.05, 0) is 0 Å². The van der Waals surface area contributed by atoms with Gasteiger partial charge in [0.2, 0.25) is 12.2 Å². The van der Waals surface area contributed by atoms with Crippen LogP contribution in [0.1, 0.15) is 34.6 Å². The first-order valence-electron chi connectivity index (χ1n) is 8.08. The molecule has 11 nitrogen and oxygen atoms in total. The molecule has 1 heterocycles. The second-order valence-corrected chi connectivity index (χ2v) is 5.83. The SMILES string of the molecule is CC(=O)NC1[C@H](OC(C)=O)OC(COC(C)=O)[C@@H](OC(C)=O)[C@H]1OC(C)=O. The summed E-state index contributed by atoms with van der Waals surface area (Å²) in [4.78, 5) is 57.2. The molecule has 1 amide bonds. The molecule has 1 saturated heterocycles. The van der Waals surface area contributed by atoms with Crippen LogP contribution in [0.5, 0.6) is 0 Å². The van der Waals surface area contributed by atoms with Gasteiger partial charge in [0, 0.05) is 34.6 Å². The first-order chi connectivity index (χ1) is 12.5. The van der Waals surface area contributed by atoms with Gasteiger partial charge >= 0.3 is 23.9 Å². The van der Waals surface area contributed by atoms with E-state index < -0.39 is 60.4 Å². The lowest BCUT2D eigenvalue weighted by Gasteiger charge is -2.44. The van der Waals surface area contributed by atoms with E-state index in [9.17, 15) is 24.0 Å². The molecule has 1 aliphatic rings. The van der Waals surface area contributed by atoms with E-state index in [1.54, 1.807) is 0 Å². The van der Waals surface area contributed by atoms with Gasteiger partial charge in [-0.3, -0.25) is 24.0 Å². The van der Waals surface area contributed by atoms with Crippen molar-refractivity contribution in [2.24, 2.45) is 0 Å². The van der Waals surface area contributed by atoms with Crippen molar-refractivity contribution in [2.75, 3.05) is 6.61 Å². The predicted molar refractivity (Wildman–Crippen MR) is 85.8 cm³/mol. The maximum absolute atomic E-state index is 11.6. The molecule has 0 saturated carbocycles. The molecule has 0 bridgehead atoms. The molecule has 0 spiro atoms. The van der Waals surface area contributed by atoms with Crippen LogP contribution in [-0.4, -0.2) is 67.0 Å². The predicted octanol–water partition coefficient (Wildman–Crippen LogP) is -0.794. The number of carbonyl (C=O) groups excluding carboxylic acids is 5. The molecule has 0 aromatic heterocycles. The highest BCUT2D eigenvalue weighted by Gasteiger charge is 2.52. The Hall–Kier alpha value is -2.69. The zero-order valence-corrected chi connectivity index (χ0v) is 15.7. The Morgan fingerprint density at radius 1 is 0.778 bits per heavy atom. The van der Waals surface area contributed by atoms with E-state index in [0.29, 0.717) is 0 Å². The number of carbonyl (C=O) groups is 5. The molecule has 27 heavy (non-hydrogen) atoms. The van der Waals surface area contributed by atoms with Crippen molar-refractivity contribution in [2.45, 2.75) is 65.3 Å². The van der Waals surface area contributed by atoms with Gasteiger partial charge in [0.05, 0.1) is 0 Å². The summed E-state index contributed by atoms with van der Waals surface area (Å²) in [5.41, 5.74) is 0. The summed E-state index contributed by atoms with van der Waals surface area (Å²) in [6.07, 6.45) is -4.97. The molecule has 152 valence electrons. The average Bonchev–Trinajstić information content (AvgIpc) is 2.49. The number of nitrogens with one attached hydrogen (secondary N) is 1. The van der Waals surface area contributed by atoms with Crippen LogP contribution in [-0.2, 0) is 47.7 Å². The highest BCUT2D eigenvalue weighted by molar-refractivity contribution is 5.74. The van der Waals surface area contributed by atoms with E-state index in [1.165, 1.54) is 6.92 Å². The largest absolute Gasteiger partial charge is 0.463 e. The van der Waals surface area contributed by atoms with Crippen LogP contribution in [0.15, 0.2) is 0 Å². The van der Waals surface area contributed by atoms with Crippen molar-refractivity contribution in [3.05, 3.63) is 0 Å². The minimum absolute atomic E-state index is 0.365. The first-order valence-corrected chi connectivity index (χ1v) is 8.08. The molecular weight excluding hydrogens is 366 g/mol. The Morgan fingerprint density at radius 2 is 1.30 bits per heavy atom. The van der Waals surface area contributed by atoms with Crippen molar-refractivity contribution < 1.29 is 47.7 Å². The lowest BCUT2D eigenvalue weighted by atomic mass is 9.96. The molecule has 1 N–H and O–H groups in total. The van der Waals surface area contributed by atoms with E-state index in [1.807, 2.05) is 0 Å². The van der Waals surface area contributed by atoms with E-state index in [2.05, 4.69) is 5.32 Å². The molecular formula is C16H23NO10. The average molecular weight is 389 g/mol. The molecule has 0 aromatic rings. The van der Waals surface area contributed by atoms with E-state index in [0.717, 1.165) is 27.7 Å². The zero-order chi connectivity index (χ0) is 20.7. The van der Waals surface area contributed by atoms with Gasteiger partial charge in [-0.1, -0.05) is 0 Å². The number of esters is 4. The summed E-state index contributed by atoms with van der Waals surface area (Å²) < 4.78 is 25.9. The molecule has 0 aliphatic carbocycles. The molecule has 11 heteroatoms. The quantitative estimate of drug-likeness (QED) is 0.453. The summed E-state index contributed by atoms with van der Waals surface area (Å²) in [6, 6.07) is -1.16. The second-order valence-electron chi connectivity index (χ2n) is 5.83. The second kappa shape index (κ2) is 9.86. The fourth-order valence-corrected chi connectivity index (χ4v) is 2.55. The highest BCUT2D eigenvalue weighted by atomic mass is 16.7. The molecule has 1 fully saturated rings. The molecule has 1 rings (SSSR count). The summed E-state index contributed by atoms with van der Waals surface area (Å²) in [5.74, 6) is -3.34. The highest BCUT2D eigenvalue weighted by Crippen LogP contribution is 2.28. The van der Waals surface area contributed by atoms with E-state index in [4.69, 9.17) is 23.7 Å². The monoisotopic (exact) mass is 389 g/mol. The van der Waals surface area contributed by atoms with Crippen LogP contribution >= 0.6 is 0 Å². The third-order valence-electron chi connectivity index (χ3n) is 3.35. The fraction of sp³-hybridized carbons (Fsp3) is 0.688. The third-order valence-corrected chi connectivity index (χ3v) is 3.35. The van der Waals surface area contributed by atoms with Gasteiger partial charge in [0.25, 0.3) is 0 Å². The molecule has 1 aliphatic heterocycles. The van der Waals surface area contributed by atoms with Crippen LogP contribution < -0.4 is 5.32 Å². The topological polar surface area (TPSA) is 144 Å². The Morgan fingerprint density at radius 3 is 1.74 bits per heavy atom. The lowest BCUT2D eigenvalue weighted by Crippen LogP contribution is -2.66. The number of amides is 1. The minimum atomic E-state index is -1.37. The zero-order valence-electron chi connectivity index (χ0n) is 15.7. The normalized spacial score (nSPS) is 27.1. The maximum Gasteiger partial charge on any atom is 0.305 e. The van der Waals surface area contributed by atoms with Gasteiger partial charge in [0.1, 0.15) is 18.8 Å². The molecule has 5 atom stereocenters. The minimum Gasteiger partial charge on any atom is -0.463 e. The van der Waals surface area contributed by atoms with Crippen molar-refractivity contribution in [3.63, 3.8) is 0 Å². The van der Waals surface area contributed by atoms with Crippen molar-refractivity contribution >= 4 is 29.8 Å². The standard InChI is InChI=1S/C16H23NO10/c1-7(18)17-13-15(25-10(4)21)14(24-9(3)20)12(6-23-8(2)19)27-16(13)26-11(5)22/h12-16H,6H2,1-5H3,(H,17,18)/t12?,13?,14-,15+,16-/m1/s1. The van der Waals surface area contributed by atoms with Gasteiger partial charge < -0.3 is 29.0 Å². The summed E-state index contributed by atoms with van der Waals surface area (Å²) >= 11 is 0. The smallest absolute Gasteiger partial charge is 0.305 e. The molecule has 0 aromatic carbocycles. The van der Waals surface area contributed by atoms with Crippen molar-refractivity contribution in [3.8, 4) is 0 Å². The maximum atomic E-state index is 11.6. The summed E-state index contributed by atoms with van der Waals surface area (Å²) in [5, 5.41) is 2.46. The summed E-state index contributed by atoms with van der Waals surface area (Å²) in [6.45, 7) is 5.36. The number of rotatable bonds is 6. The van der Waals surface area contributed by atoms with E-state index >= 15 is 0 Å². The Labute approximate surface area is 155 Å². The lowest BCUT2D eigenvalue weighted by molar-refractivity contribution is -0.270. The van der Waals surface area contributed by atoms with Crippen molar-refractivity contribution in [1.82, 2.24) is 5.32 Å².